The van der Waals surface area contributed by atoms with Crippen molar-refractivity contribution in [2.45, 2.75) is 105 Å². The molecule has 0 aromatic heterocycles. The number of ether oxygens (including phenoxy) is 4. The summed E-state index contributed by atoms with van der Waals surface area (Å²) in [5.74, 6) is 3.70. The lowest BCUT2D eigenvalue weighted by Crippen LogP contribution is -2.15. The molecule has 0 N–H and O–H groups in total. The fourth-order valence-corrected chi connectivity index (χ4v) is 7.26. The molecule has 0 atom stereocenters. The molecule has 4 aromatic rings. The Hall–Kier alpha value is -2.96. The maximum Gasteiger partial charge on any atom is 0.126 e. The number of benzene rings is 4. The van der Waals surface area contributed by atoms with Crippen molar-refractivity contribution in [1.29, 1.82) is 0 Å². The van der Waals surface area contributed by atoms with Crippen LogP contribution in [0, 0.1) is 0 Å². The second kappa shape index (κ2) is 14.9. The number of hydrogen-bond acceptors (Lipinski definition) is 4. The fourth-order valence-electron chi connectivity index (χ4n) is 6.15. The highest BCUT2D eigenvalue weighted by molar-refractivity contribution is 9.10. The third-order valence-electron chi connectivity index (χ3n) is 7.71. The van der Waals surface area contributed by atoms with Gasteiger partial charge in [-0.25, -0.2) is 0 Å². The zero-order valence-electron chi connectivity index (χ0n) is 28.3. The van der Waals surface area contributed by atoms with Gasteiger partial charge in [0.1, 0.15) is 23.0 Å². The van der Waals surface area contributed by atoms with E-state index in [-0.39, 0.29) is 24.4 Å². The first-order valence-electron chi connectivity index (χ1n) is 16.4. The number of rotatable bonds is 8. The van der Waals surface area contributed by atoms with Crippen LogP contribution in [0.2, 0.25) is 0 Å². The van der Waals surface area contributed by atoms with Gasteiger partial charge in [-0.1, -0.05) is 68.3 Å². The highest BCUT2D eigenvalue weighted by atomic mass is 79.9. The van der Waals surface area contributed by atoms with E-state index in [2.05, 4.69) is 148 Å². The Morgan fingerprint density at radius 1 is 0.391 bits per heavy atom. The molecule has 0 saturated carbocycles. The lowest BCUT2D eigenvalue weighted by molar-refractivity contribution is 0.233. The molecular weight excluding hydrogens is 704 g/mol. The third kappa shape index (κ3) is 8.30. The Labute approximate surface area is 292 Å². The van der Waals surface area contributed by atoms with Crippen LogP contribution in [0.15, 0.2) is 69.6 Å². The van der Waals surface area contributed by atoms with E-state index in [4.69, 9.17) is 18.9 Å². The van der Waals surface area contributed by atoms with E-state index < -0.39 is 0 Å². The van der Waals surface area contributed by atoms with Gasteiger partial charge in [0.2, 0.25) is 0 Å². The van der Waals surface area contributed by atoms with E-state index in [1.807, 2.05) is 0 Å². The maximum absolute atomic E-state index is 6.65. The summed E-state index contributed by atoms with van der Waals surface area (Å²) in [6, 6.07) is 21.8. The summed E-state index contributed by atoms with van der Waals surface area (Å²) in [5, 5.41) is 0. The molecule has 4 nitrogen and oxygen atoms in total. The van der Waals surface area contributed by atoms with Crippen LogP contribution in [-0.4, -0.2) is 24.4 Å². The normalized spacial score (nSPS) is 13.0. The maximum atomic E-state index is 6.65. The zero-order valence-corrected chi connectivity index (χ0v) is 31.5. The average molecular weight is 751 g/mol. The molecule has 8 bridgehead atoms. The molecule has 0 spiro atoms. The van der Waals surface area contributed by atoms with Gasteiger partial charge in [-0.3, -0.25) is 0 Å². The van der Waals surface area contributed by atoms with Crippen LogP contribution >= 0.6 is 31.9 Å². The van der Waals surface area contributed by atoms with Crippen molar-refractivity contribution in [3.8, 4) is 23.0 Å². The van der Waals surface area contributed by atoms with E-state index >= 15 is 0 Å². The summed E-state index contributed by atoms with van der Waals surface area (Å²) in [6.07, 6.45) is 2.73. The van der Waals surface area contributed by atoms with Crippen molar-refractivity contribution in [3.63, 3.8) is 0 Å². The molecule has 1 aliphatic rings. The first kappa shape index (κ1) is 34.4. The van der Waals surface area contributed by atoms with Crippen LogP contribution in [0.4, 0.5) is 0 Å². The van der Waals surface area contributed by atoms with Crippen molar-refractivity contribution < 1.29 is 18.9 Å². The molecule has 0 unspecified atom stereocenters. The van der Waals surface area contributed by atoms with Crippen molar-refractivity contribution >= 4 is 31.9 Å². The van der Waals surface area contributed by atoms with Crippen LogP contribution in [0.5, 0.6) is 23.0 Å². The topological polar surface area (TPSA) is 36.9 Å². The number of para-hydroxylation sites is 2. The van der Waals surface area contributed by atoms with Crippen LogP contribution in [0.1, 0.15) is 99.9 Å². The second-order valence-corrected chi connectivity index (χ2v) is 15.1. The zero-order chi connectivity index (χ0) is 33.1. The molecule has 46 heavy (non-hydrogen) atoms. The van der Waals surface area contributed by atoms with Gasteiger partial charge < -0.3 is 18.9 Å². The Balaban J connectivity index is 1.83. The van der Waals surface area contributed by atoms with Gasteiger partial charge in [0.05, 0.1) is 24.4 Å². The van der Waals surface area contributed by atoms with Crippen molar-refractivity contribution in [1.82, 2.24) is 0 Å². The van der Waals surface area contributed by atoms with Crippen LogP contribution in [0.25, 0.3) is 0 Å². The molecule has 244 valence electrons. The van der Waals surface area contributed by atoms with E-state index in [0.29, 0.717) is 25.7 Å². The molecule has 1 aliphatic carbocycles. The van der Waals surface area contributed by atoms with Gasteiger partial charge in [0.15, 0.2) is 0 Å². The standard InChI is InChI=1S/C40H46Br2O4/c1-23(2)43-37-27-11-9-13-29(37)16-31-19-35(41)21-33(39(31)45-25(5)6)18-34-22-36(42)20-32(40(34)46-26(7)8)17-30-14-10-12-28(15-27)38(30)44-24(3)4/h9-14,19-26H,15-18H2,1-8H3. The summed E-state index contributed by atoms with van der Waals surface area (Å²) in [5.41, 5.74) is 8.98. The smallest absolute Gasteiger partial charge is 0.126 e. The van der Waals surface area contributed by atoms with E-state index in [0.717, 1.165) is 76.5 Å². The number of hydrogen-bond donors (Lipinski definition) is 0. The molecule has 4 aromatic carbocycles. The Morgan fingerprint density at radius 3 is 0.870 bits per heavy atom. The quantitative estimate of drug-likeness (QED) is 0.158. The van der Waals surface area contributed by atoms with Crippen LogP contribution in [0.3, 0.4) is 0 Å². The Kier molecular flexibility index (Phi) is 11.1. The van der Waals surface area contributed by atoms with Crippen LogP contribution in [-0.2, 0) is 25.7 Å². The van der Waals surface area contributed by atoms with Crippen molar-refractivity contribution in [2.75, 3.05) is 0 Å². The highest BCUT2D eigenvalue weighted by Gasteiger charge is 2.24. The van der Waals surface area contributed by atoms with Gasteiger partial charge in [-0.2, -0.15) is 0 Å². The van der Waals surface area contributed by atoms with Crippen molar-refractivity contribution in [3.05, 3.63) is 114 Å². The van der Waals surface area contributed by atoms with Crippen molar-refractivity contribution in [2.24, 2.45) is 0 Å². The summed E-state index contributed by atoms with van der Waals surface area (Å²) >= 11 is 7.69. The SMILES string of the molecule is CC(C)Oc1c2cccc1Cc1cc(Br)cc(c1OC(C)C)Cc1cc(Br)cc(c1OC(C)C)Cc1cccc(c1OC(C)C)C2. The largest absolute Gasteiger partial charge is 0.490 e. The predicted molar refractivity (Wildman–Crippen MR) is 195 cm³/mol. The number of halogens is 2. The summed E-state index contributed by atoms with van der Waals surface area (Å²) < 4.78 is 28.6. The average Bonchev–Trinajstić information content (AvgIpc) is 2.94. The molecule has 0 aliphatic heterocycles. The van der Waals surface area contributed by atoms with E-state index in [1.165, 1.54) is 0 Å². The number of fused-ring (bicyclic) bond motifs is 8. The molecular formula is C40H46Br2O4. The minimum absolute atomic E-state index is 0.0101. The molecule has 0 amide bonds. The molecule has 6 heteroatoms. The minimum atomic E-state index is 0.0101. The first-order valence-corrected chi connectivity index (χ1v) is 18.0. The lowest BCUT2D eigenvalue weighted by Gasteiger charge is -2.25. The van der Waals surface area contributed by atoms with E-state index in [9.17, 15) is 0 Å². The minimum Gasteiger partial charge on any atom is -0.490 e. The summed E-state index contributed by atoms with van der Waals surface area (Å²) in [4.78, 5) is 0. The fraction of sp³-hybridized carbons (Fsp3) is 0.400. The van der Waals surface area contributed by atoms with Gasteiger partial charge >= 0.3 is 0 Å². The Bertz CT molecular complexity index is 1570. The highest BCUT2D eigenvalue weighted by Crippen LogP contribution is 2.41. The second-order valence-electron chi connectivity index (χ2n) is 13.3. The molecule has 5 rings (SSSR count). The van der Waals surface area contributed by atoms with E-state index in [1.54, 1.807) is 0 Å². The molecule has 0 radical (unpaired) electrons. The third-order valence-corrected chi connectivity index (χ3v) is 8.62. The molecule has 0 heterocycles. The Morgan fingerprint density at radius 2 is 0.609 bits per heavy atom. The van der Waals surface area contributed by atoms with Gasteiger partial charge in [0, 0.05) is 56.9 Å². The van der Waals surface area contributed by atoms with Crippen LogP contribution < -0.4 is 18.9 Å². The monoisotopic (exact) mass is 748 g/mol. The predicted octanol–water partition coefficient (Wildman–Crippen LogP) is 11.0. The first-order chi connectivity index (χ1) is 21.9. The summed E-state index contributed by atoms with van der Waals surface area (Å²) in [7, 11) is 0. The van der Waals surface area contributed by atoms with Gasteiger partial charge in [-0.05, 0) is 102 Å². The molecule has 0 saturated heterocycles. The molecule has 0 fully saturated rings. The summed E-state index contributed by atoms with van der Waals surface area (Å²) in [6.45, 7) is 16.7. The van der Waals surface area contributed by atoms with Gasteiger partial charge in [0.25, 0.3) is 0 Å². The van der Waals surface area contributed by atoms with Gasteiger partial charge in [-0.15, -0.1) is 0 Å². The lowest BCUT2D eigenvalue weighted by atomic mass is 9.91.